The molecule has 0 bridgehead atoms. The summed E-state index contributed by atoms with van der Waals surface area (Å²) < 4.78 is 5.44. The van der Waals surface area contributed by atoms with Crippen LogP contribution in [0.5, 0.6) is 5.75 Å². The van der Waals surface area contributed by atoms with Gasteiger partial charge in [-0.05, 0) is 23.8 Å². The third kappa shape index (κ3) is 1.95. The van der Waals surface area contributed by atoms with Gasteiger partial charge in [0.1, 0.15) is 18.0 Å². The number of nitrogens with zero attached hydrogens (tertiary/aromatic N) is 1. The van der Waals surface area contributed by atoms with Gasteiger partial charge < -0.3 is 14.8 Å². The van der Waals surface area contributed by atoms with Gasteiger partial charge in [-0.2, -0.15) is 0 Å². The van der Waals surface area contributed by atoms with Gasteiger partial charge >= 0.3 is 5.97 Å². The number of H-pyrrole nitrogens is 1. The molecule has 1 aliphatic heterocycles. The van der Waals surface area contributed by atoms with Crippen LogP contribution in [0.4, 0.5) is 0 Å². The van der Waals surface area contributed by atoms with Crippen molar-refractivity contribution in [2.45, 2.75) is 12.8 Å². The largest absolute Gasteiger partial charge is 0.493 e. The molecule has 0 spiro atoms. The van der Waals surface area contributed by atoms with Crippen LogP contribution in [0.25, 0.3) is 11.3 Å². The molecular formula is C13H12N2O3. The molecule has 2 aromatic rings. The van der Waals surface area contributed by atoms with Gasteiger partial charge in [0.05, 0.1) is 18.5 Å². The Labute approximate surface area is 103 Å². The first-order valence-corrected chi connectivity index (χ1v) is 5.74. The van der Waals surface area contributed by atoms with Crippen LogP contribution in [0.2, 0.25) is 0 Å². The number of hydrogen-bond donors (Lipinski definition) is 2. The van der Waals surface area contributed by atoms with Crippen LogP contribution in [0.1, 0.15) is 11.4 Å². The molecule has 0 aliphatic carbocycles. The number of aliphatic carboxylic acids is 1. The van der Waals surface area contributed by atoms with Gasteiger partial charge in [0, 0.05) is 12.0 Å². The first-order valence-electron chi connectivity index (χ1n) is 5.74. The zero-order chi connectivity index (χ0) is 12.5. The molecule has 0 saturated carbocycles. The molecule has 5 nitrogen and oxygen atoms in total. The second-order valence-corrected chi connectivity index (χ2v) is 4.24. The molecule has 5 heteroatoms. The van der Waals surface area contributed by atoms with E-state index in [9.17, 15) is 4.79 Å². The molecule has 1 aromatic heterocycles. The summed E-state index contributed by atoms with van der Waals surface area (Å²) in [5, 5.41) is 8.70. The lowest BCUT2D eigenvalue weighted by molar-refractivity contribution is -0.136. The lowest BCUT2D eigenvalue weighted by atomic mass is 10.1. The average molecular weight is 244 g/mol. The molecule has 0 atom stereocenters. The Morgan fingerprint density at radius 2 is 2.39 bits per heavy atom. The molecule has 2 N–H and O–H groups in total. The highest BCUT2D eigenvalue weighted by molar-refractivity contribution is 5.70. The molecule has 0 radical (unpaired) electrons. The second kappa shape index (κ2) is 4.18. The Hall–Kier alpha value is -2.30. The van der Waals surface area contributed by atoms with Gasteiger partial charge in [-0.25, -0.2) is 4.98 Å². The van der Waals surface area contributed by atoms with E-state index in [1.165, 1.54) is 5.56 Å². The van der Waals surface area contributed by atoms with Crippen molar-refractivity contribution >= 4 is 5.97 Å². The highest BCUT2D eigenvalue weighted by Gasteiger charge is 2.13. The minimum Gasteiger partial charge on any atom is -0.493 e. The first-order chi connectivity index (χ1) is 8.72. The summed E-state index contributed by atoms with van der Waals surface area (Å²) in [7, 11) is 0. The van der Waals surface area contributed by atoms with Crippen LogP contribution in [0.3, 0.4) is 0 Å². The fourth-order valence-corrected chi connectivity index (χ4v) is 2.10. The maximum atomic E-state index is 10.6. The third-order valence-corrected chi connectivity index (χ3v) is 2.95. The highest BCUT2D eigenvalue weighted by atomic mass is 16.5. The van der Waals surface area contributed by atoms with Crippen LogP contribution >= 0.6 is 0 Å². The summed E-state index contributed by atoms with van der Waals surface area (Å²) in [5.41, 5.74) is 3.02. The number of fused-ring (bicyclic) bond motifs is 1. The summed E-state index contributed by atoms with van der Waals surface area (Å²) in [6.07, 6.45) is 2.49. The molecular weight excluding hydrogens is 232 g/mol. The van der Waals surface area contributed by atoms with Crippen molar-refractivity contribution in [3.8, 4) is 17.0 Å². The van der Waals surface area contributed by atoms with Gasteiger partial charge in [-0.15, -0.1) is 0 Å². The Kier molecular flexibility index (Phi) is 2.51. The monoisotopic (exact) mass is 244 g/mol. The number of carboxylic acid groups (broad SMARTS) is 1. The summed E-state index contributed by atoms with van der Waals surface area (Å²) in [6, 6.07) is 5.94. The Morgan fingerprint density at radius 1 is 1.50 bits per heavy atom. The normalized spacial score (nSPS) is 13.1. The molecule has 0 saturated heterocycles. The summed E-state index contributed by atoms with van der Waals surface area (Å²) in [6.45, 7) is 0.728. The minimum absolute atomic E-state index is 0.0892. The molecule has 18 heavy (non-hydrogen) atoms. The third-order valence-electron chi connectivity index (χ3n) is 2.95. The molecule has 0 unspecified atom stereocenters. The molecule has 0 fully saturated rings. The SMILES string of the molecule is O=C(O)Cc1ncc(-c2ccc3c(c2)CCO3)[nH]1. The van der Waals surface area contributed by atoms with Gasteiger partial charge in [0.15, 0.2) is 0 Å². The van der Waals surface area contributed by atoms with Crippen molar-refractivity contribution < 1.29 is 14.6 Å². The molecule has 2 heterocycles. The number of nitrogens with one attached hydrogen (secondary N) is 1. The fraction of sp³-hybridized carbons (Fsp3) is 0.231. The predicted octanol–water partition coefficient (Wildman–Crippen LogP) is 1.64. The van der Waals surface area contributed by atoms with Gasteiger partial charge in [-0.1, -0.05) is 0 Å². The maximum Gasteiger partial charge on any atom is 0.311 e. The van der Waals surface area contributed by atoms with E-state index in [4.69, 9.17) is 9.84 Å². The number of aromatic amines is 1. The quantitative estimate of drug-likeness (QED) is 0.860. The Bertz CT molecular complexity index is 604. The van der Waals surface area contributed by atoms with Crippen molar-refractivity contribution in [2.75, 3.05) is 6.61 Å². The van der Waals surface area contributed by atoms with E-state index in [2.05, 4.69) is 16.0 Å². The standard InChI is InChI=1S/C13H12N2O3/c16-13(17)6-12-14-7-10(15-12)8-1-2-11-9(5-8)3-4-18-11/h1-2,5,7H,3-4,6H2,(H,14,15)(H,16,17). The van der Waals surface area contributed by atoms with Gasteiger partial charge in [0.2, 0.25) is 0 Å². The zero-order valence-corrected chi connectivity index (χ0v) is 9.64. The van der Waals surface area contributed by atoms with Gasteiger partial charge in [0.25, 0.3) is 0 Å². The molecule has 3 rings (SSSR count). The van der Waals surface area contributed by atoms with E-state index in [0.29, 0.717) is 5.82 Å². The number of carboxylic acids is 1. The summed E-state index contributed by atoms with van der Waals surface area (Å²) >= 11 is 0. The van der Waals surface area contributed by atoms with Crippen molar-refractivity contribution in [2.24, 2.45) is 0 Å². The van der Waals surface area contributed by atoms with E-state index >= 15 is 0 Å². The van der Waals surface area contributed by atoms with Crippen LogP contribution in [-0.2, 0) is 17.6 Å². The number of hydrogen-bond acceptors (Lipinski definition) is 3. The number of carbonyl (C=O) groups is 1. The van der Waals surface area contributed by atoms with Crippen LogP contribution in [-0.4, -0.2) is 27.7 Å². The van der Waals surface area contributed by atoms with Crippen LogP contribution in [0, 0.1) is 0 Å². The molecule has 1 aliphatic rings. The second-order valence-electron chi connectivity index (χ2n) is 4.24. The van der Waals surface area contributed by atoms with Crippen molar-refractivity contribution in [3.63, 3.8) is 0 Å². The van der Waals surface area contributed by atoms with Crippen molar-refractivity contribution in [3.05, 3.63) is 35.8 Å². The minimum atomic E-state index is -0.891. The number of ether oxygens (including phenoxy) is 1. The first kappa shape index (κ1) is 10.8. The van der Waals surface area contributed by atoms with Crippen LogP contribution < -0.4 is 4.74 Å². The van der Waals surface area contributed by atoms with E-state index < -0.39 is 5.97 Å². The molecule has 1 aromatic carbocycles. The smallest absolute Gasteiger partial charge is 0.311 e. The number of aromatic nitrogens is 2. The summed E-state index contributed by atoms with van der Waals surface area (Å²) in [5.74, 6) is 0.511. The number of imidazole rings is 1. The maximum absolute atomic E-state index is 10.6. The van der Waals surface area contributed by atoms with Crippen molar-refractivity contribution in [1.82, 2.24) is 9.97 Å². The lowest BCUT2D eigenvalue weighted by Crippen LogP contribution is -2.01. The predicted molar refractivity (Wildman–Crippen MR) is 64.6 cm³/mol. The summed E-state index contributed by atoms with van der Waals surface area (Å²) in [4.78, 5) is 17.7. The zero-order valence-electron chi connectivity index (χ0n) is 9.64. The number of benzene rings is 1. The van der Waals surface area contributed by atoms with Gasteiger partial charge in [-0.3, -0.25) is 4.79 Å². The fourth-order valence-electron chi connectivity index (χ4n) is 2.10. The molecule has 0 amide bonds. The highest BCUT2D eigenvalue weighted by Crippen LogP contribution is 2.29. The topological polar surface area (TPSA) is 75.2 Å². The molecule has 92 valence electrons. The van der Waals surface area contributed by atoms with E-state index in [1.807, 2.05) is 12.1 Å². The average Bonchev–Trinajstić information content (AvgIpc) is 2.95. The van der Waals surface area contributed by atoms with Crippen molar-refractivity contribution in [1.29, 1.82) is 0 Å². The van der Waals surface area contributed by atoms with E-state index in [-0.39, 0.29) is 6.42 Å². The Morgan fingerprint density at radius 3 is 3.22 bits per heavy atom. The number of rotatable bonds is 3. The Balaban J connectivity index is 1.90. The van der Waals surface area contributed by atoms with E-state index in [0.717, 1.165) is 30.0 Å². The van der Waals surface area contributed by atoms with E-state index in [1.54, 1.807) is 6.20 Å². The van der Waals surface area contributed by atoms with Crippen LogP contribution in [0.15, 0.2) is 24.4 Å². The lowest BCUT2D eigenvalue weighted by Gasteiger charge is -2.01.